The van der Waals surface area contributed by atoms with Gasteiger partial charge in [-0.25, -0.2) is 9.59 Å². The van der Waals surface area contributed by atoms with Crippen molar-refractivity contribution in [3.63, 3.8) is 0 Å². The van der Waals surface area contributed by atoms with Gasteiger partial charge in [0, 0.05) is 0 Å². The molecule has 0 radical (unpaired) electrons. The number of nitrogens with zero attached hydrogens (tertiary/aromatic N) is 2. The first kappa shape index (κ1) is 17.2. The lowest BCUT2D eigenvalue weighted by Gasteiger charge is -2.12. The molecule has 0 aliphatic heterocycles. The summed E-state index contributed by atoms with van der Waals surface area (Å²) in [6.45, 7) is 0. The summed E-state index contributed by atoms with van der Waals surface area (Å²) in [7, 11) is 0. The Morgan fingerprint density at radius 1 is 0.538 bits per heavy atom. The van der Waals surface area contributed by atoms with E-state index in [4.69, 9.17) is 0 Å². The second-order valence-electron chi connectivity index (χ2n) is 5.79. The first-order valence-electron chi connectivity index (χ1n) is 8.20. The van der Waals surface area contributed by atoms with E-state index in [-0.39, 0.29) is 0 Å². The summed E-state index contributed by atoms with van der Waals surface area (Å²) in [5, 5.41) is 0. The Labute approximate surface area is 151 Å². The highest BCUT2D eigenvalue weighted by molar-refractivity contribution is 5.57. The molecule has 3 rings (SSSR count). The lowest BCUT2D eigenvalue weighted by molar-refractivity contribution is 0.564. The molecule has 4 heteroatoms. The number of benzene rings is 3. The van der Waals surface area contributed by atoms with Gasteiger partial charge in [-0.3, -0.25) is 0 Å². The van der Waals surface area contributed by atoms with Gasteiger partial charge < -0.3 is 0 Å². The van der Waals surface area contributed by atoms with Gasteiger partial charge in [0.05, 0.1) is 11.4 Å². The van der Waals surface area contributed by atoms with Crippen molar-refractivity contribution < 1.29 is 9.59 Å². The molecular weight excluding hydrogens is 324 g/mol. The monoisotopic (exact) mass is 340 g/mol. The quantitative estimate of drug-likeness (QED) is 0.478. The van der Waals surface area contributed by atoms with Gasteiger partial charge >= 0.3 is 0 Å². The van der Waals surface area contributed by atoms with Crippen LogP contribution in [0, 0.1) is 0 Å². The van der Waals surface area contributed by atoms with Crippen molar-refractivity contribution in [3.05, 3.63) is 95.1 Å². The van der Waals surface area contributed by atoms with Gasteiger partial charge in [0.2, 0.25) is 12.2 Å². The minimum atomic E-state index is 0.628. The Hall–Kier alpha value is -3.58. The van der Waals surface area contributed by atoms with Crippen LogP contribution in [-0.4, -0.2) is 12.2 Å². The number of aliphatic imine (C=N–C) groups is 2. The number of hydrogen-bond donors (Lipinski definition) is 0. The fraction of sp³-hybridized carbons (Fsp3) is 0.0909. The first-order valence-corrected chi connectivity index (χ1v) is 8.20. The van der Waals surface area contributed by atoms with Gasteiger partial charge in [-0.05, 0) is 47.2 Å². The molecule has 126 valence electrons. The highest BCUT2D eigenvalue weighted by Gasteiger charge is 2.09. The van der Waals surface area contributed by atoms with E-state index in [2.05, 4.69) is 22.1 Å². The van der Waals surface area contributed by atoms with Gasteiger partial charge in [-0.1, -0.05) is 60.7 Å². The number of para-hydroxylation sites is 2. The Balaban J connectivity index is 1.95. The SMILES string of the molecule is O=C=Nc1ccccc1Cc1ccccc1Cc1ccccc1N=C=O. The van der Waals surface area contributed by atoms with Crippen LogP contribution in [0.4, 0.5) is 11.4 Å². The molecule has 0 bridgehead atoms. The van der Waals surface area contributed by atoms with Crippen LogP contribution in [0.5, 0.6) is 0 Å². The van der Waals surface area contributed by atoms with Crippen LogP contribution >= 0.6 is 0 Å². The molecule has 0 aromatic heterocycles. The van der Waals surface area contributed by atoms with E-state index >= 15 is 0 Å². The maximum Gasteiger partial charge on any atom is 0.240 e. The number of isocyanates is 2. The zero-order chi connectivity index (χ0) is 18.2. The maximum absolute atomic E-state index is 10.7. The zero-order valence-corrected chi connectivity index (χ0v) is 14.1. The maximum atomic E-state index is 10.7. The molecule has 0 heterocycles. The minimum Gasteiger partial charge on any atom is -0.211 e. The molecule has 0 fully saturated rings. The summed E-state index contributed by atoms with van der Waals surface area (Å²) < 4.78 is 0. The standard InChI is InChI=1S/C22H16N2O2/c25-15-23-21-11-5-3-9-19(21)13-17-7-1-2-8-18(17)14-20-10-4-6-12-22(20)24-16-26/h1-12H,13-14H2. The van der Waals surface area contributed by atoms with E-state index < -0.39 is 0 Å². The topological polar surface area (TPSA) is 58.9 Å². The van der Waals surface area contributed by atoms with Gasteiger partial charge in [0.1, 0.15) is 0 Å². The highest BCUT2D eigenvalue weighted by Crippen LogP contribution is 2.26. The molecule has 0 saturated carbocycles. The van der Waals surface area contributed by atoms with Crippen LogP contribution in [0.3, 0.4) is 0 Å². The third-order valence-electron chi connectivity index (χ3n) is 4.20. The average Bonchev–Trinajstić information content (AvgIpc) is 2.67. The molecule has 0 aliphatic carbocycles. The van der Waals surface area contributed by atoms with E-state index in [1.165, 1.54) is 0 Å². The van der Waals surface area contributed by atoms with Crippen LogP contribution in [0.1, 0.15) is 22.3 Å². The summed E-state index contributed by atoms with van der Waals surface area (Å²) in [5.41, 5.74) is 5.44. The minimum absolute atomic E-state index is 0.628. The lowest BCUT2D eigenvalue weighted by atomic mass is 9.94. The van der Waals surface area contributed by atoms with Gasteiger partial charge in [0.15, 0.2) is 0 Å². The third kappa shape index (κ3) is 4.08. The molecule has 0 unspecified atom stereocenters. The molecule has 0 spiro atoms. The Kier molecular flexibility index (Phi) is 5.64. The smallest absolute Gasteiger partial charge is 0.211 e. The van der Waals surface area contributed by atoms with E-state index in [1.54, 1.807) is 24.3 Å². The average molecular weight is 340 g/mol. The van der Waals surface area contributed by atoms with Crippen molar-refractivity contribution in [2.45, 2.75) is 12.8 Å². The van der Waals surface area contributed by atoms with E-state index in [0.29, 0.717) is 24.2 Å². The number of carbonyl (C=O) groups excluding carboxylic acids is 2. The van der Waals surface area contributed by atoms with Gasteiger partial charge in [0.25, 0.3) is 0 Å². The third-order valence-corrected chi connectivity index (χ3v) is 4.20. The first-order chi connectivity index (χ1) is 12.8. The van der Waals surface area contributed by atoms with Crippen molar-refractivity contribution in [2.24, 2.45) is 9.98 Å². The Morgan fingerprint density at radius 3 is 1.27 bits per heavy atom. The van der Waals surface area contributed by atoms with Crippen molar-refractivity contribution in [2.75, 3.05) is 0 Å². The van der Waals surface area contributed by atoms with Crippen molar-refractivity contribution in [1.29, 1.82) is 0 Å². The second-order valence-corrected chi connectivity index (χ2v) is 5.79. The Bertz CT molecular complexity index is 931. The zero-order valence-electron chi connectivity index (χ0n) is 14.1. The molecule has 0 atom stereocenters. The summed E-state index contributed by atoms with van der Waals surface area (Å²) in [6.07, 6.45) is 4.52. The van der Waals surface area contributed by atoms with Crippen molar-refractivity contribution in [3.8, 4) is 0 Å². The molecule has 26 heavy (non-hydrogen) atoms. The van der Waals surface area contributed by atoms with Crippen LogP contribution in [0.2, 0.25) is 0 Å². The summed E-state index contributed by atoms with van der Waals surface area (Å²) in [4.78, 5) is 28.9. The Morgan fingerprint density at radius 2 is 0.885 bits per heavy atom. The molecule has 3 aromatic rings. The van der Waals surface area contributed by atoms with Crippen molar-refractivity contribution in [1.82, 2.24) is 0 Å². The van der Waals surface area contributed by atoms with Crippen LogP contribution in [0.25, 0.3) is 0 Å². The van der Waals surface area contributed by atoms with Crippen LogP contribution < -0.4 is 0 Å². The summed E-state index contributed by atoms with van der Waals surface area (Å²) >= 11 is 0. The highest BCUT2D eigenvalue weighted by atomic mass is 16.1. The van der Waals surface area contributed by atoms with E-state index in [9.17, 15) is 9.59 Å². The normalized spacial score (nSPS) is 9.85. The molecule has 0 amide bonds. The lowest BCUT2D eigenvalue weighted by Crippen LogP contribution is -1.97. The predicted octanol–water partition coefficient (Wildman–Crippen LogP) is 4.80. The van der Waals surface area contributed by atoms with Gasteiger partial charge in [-0.15, -0.1) is 0 Å². The predicted molar refractivity (Wildman–Crippen MR) is 101 cm³/mol. The number of rotatable bonds is 6. The summed E-state index contributed by atoms with van der Waals surface area (Å²) in [6, 6.07) is 23.2. The van der Waals surface area contributed by atoms with Crippen LogP contribution in [0.15, 0.2) is 82.8 Å². The molecule has 0 aliphatic rings. The summed E-state index contributed by atoms with van der Waals surface area (Å²) in [5.74, 6) is 0. The van der Waals surface area contributed by atoms with Crippen LogP contribution in [-0.2, 0) is 22.4 Å². The van der Waals surface area contributed by atoms with Crippen molar-refractivity contribution >= 4 is 23.5 Å². The fourth-order valence-corrected chi connectivity index (χ4v) is 2.95. The van der Waals surface area contributed by atoms with E-state index in [1.807, 2.05) is 48.5 Å². The second kappa shape index (κ2) is 8.50. The van der Waals surface area contributed by atoms with Gasteiger partial charge in [-0.2, -0.15) is 9.98 Å². The molecule has 0 N–H and O–H groups in total. The molecular formula is C22H16N2O2. The number of hydrogen-bond acceptors (Lipinski definition) is 4. The molecule has 3 aromatic carbocycles. The molecule has 0 saturated heterocycles. The fourth-order valence-electron chi connectivity index (χ4n) is 2.95. The van der Waals surface area contributed by atoms with E-state index in [0.717, 1.165) is 22.3 Å². The molecule has 4 nitrogen and oxygen atoms in total. The largest absolute Gasteiger partial charge is 0.240 e.